The van der Waals surface area contributed by atoms with Gasteiger partial charge < -0.3 is 15.0 Å². The molecule has 202 valence electrons. The van der Waals surface area contributed by atoms with Crippen molar-refractivity contribution in [1.29, 1.82) is 0 Å². The third kappa shape index (κ3) is 7.13. The zero-order valence-corrected chi connectivity index (χ0v) is 22.9. The second-order valence-corrected chi connectivity index (χ2v) is 10.6. The maximum absolute atomic E-state index is 13.9. The Morgan fingerprint density at radius 1 is 0.895 bits per heavy atom. The van der Waals surface area contributed by atoms with E-state index in [4.69, 9.17) is 4.74 Å². The van der Waals surface area contributed by atoms with Gasteiger partial charge in [-0.1, -0.05) is 62.4 Å². The van der Waals surface area contributed by atoms with Crippen LogP contribution in [-0.4, -0.2) is 51.4 Å². The van der Waals surface area contributed by atoms with Crippen LogP contribution in [0.1, 0.15) is 32.3 Å². The first-order chi connectivity index (χ1) is 18.3. The van der Waals surface area contributed by atoms with E-state index in [1.165, 1.54) is 24.1 Å². The molecule has 0 heterocycles. The fourth-order valence-electron chi connectivity index (χ4n) is 4.06. The van der Waals surface area contributed by atoms with Gasteiger partial charge in [-0.05, 0) is 54.8 Å². The molecule has 0 aliphatic rings. The topological polar surface area (TPSA) is 96.0 Å². The summed E-state index contributed by atoms with van der Waals surface area (Å²) in [5.74, 6) is -0.190. The minimum Gasteiger partial charge on any atom is -0.497 e. The average Bonchev–Trinajstić information content (AvgIpc) is 2.95. The van der Waals surface area contributed by atoms with Crippen molar-refractivity contribution in [3.63, 3.8) is 0 Å². The summed E-state index contributed by atoms with van der Waals surface area (Å²) in [5.41, 5.74) is 1.15. The van der Waals surface area contributed by atoms with Gasteiger partial charge in [-0.3, -0.25) is 13.9 Å². The summed E-state index contributed by atoms with van der Waals surface area (Å²) in [4.78, 5) is 28.5. The highest BCUT2D eigenvalue weighted by Crippen LogP contribution is 2.26. The molecule has 0 aliphatic carbocycles. The number of benzene rings is 3. The van der Waals surface area contributed by atoms with E-state index in [1.54, 1.807) is 42.5 Å². The van der Waals surface area contributed by atoms with Crippen molar-refractivity contribution in [3.8, 4) is 5.75 Å². The fraction of sp³-hybridized carbons (Fsp3) is 0.310. The summed E-state index contributed by atoms with van der Waals surface area (Å²) < 4.78 is 33.8. The Hall–Kier alpha value is -3.85. The lowest BCUT2D eigenvalue weighted by Gasteiger charge is -2.33. The van der Waals surface area contributed by atoms with Gasteiger partial charge in [0, 0.05) is 13.1 Å². The van der Waals surface area contributed by atoms with E-state index in [0.29, 0.717) is 24.4 Å². The molecule has 1 N–H and O–H groups in total. The number of hydrogen-bond donors (Lipinski definition) is 1. The van der Waals surface area contributed by atoms with E-state index in [-0.39, 0.29) is 17.3 Å². The third-order valence-electron chi connectivity index (χ3n) is 6.10. The molecule has 3 rings (SSSR count). The van der Waals surface area contributed by atoms with Gasteiger partial charge in [-0.2, -0.15) is 0 Å². The van der Waals surface area contributed by atoms with Crippen LogP contribution in [0.15, 0.2) is 89.8 Å². The molecular weight excluding hydrogens is 502 g/mol. The number of anilines is 1. The van der Waals surface area contributed by atoms with Crippen molar-refractivity contribution >= 4 is 27.5 Å². The molecular formula is C29H35N3O5S. The Balaban J connectivity index is 2.02. The smallest absolute Gasteiger partial charge is 0.264 e. The normalized spacial score (nSPS) is 11.9. The van der Waals surface area contributed by atoms with E-state index < -0.39 is 28.5 Å². The van der Waals surface area contributed by atoms with E-state index >= 15 is 0 Å². The molecule has 3 aromatic rings. The number of methoxy groups -OCH3 is 1. The second-order valence-electron chi connectivity index (χ2n) is 8.75. The van der Waals surface area contributed by atoms with Crippen LogP contribution < -0.4 is 14.4 Å². The zero-order chi connectivity index (χ0) is 27.5. The molecule has 0 aliphatic heterocycles. The minimum absolute atomic E-state index is 0.0611. The SMILES string of the molecule is CCCNC(=O)[C@H](CC)N(Cc1ccccc1)C(=O)CN(c1ccc(OC)cc1)S(=O)(=O)c1ccccc1. The summed E-state index contributed by atoms with van der Waals surface area (Å²) in [6.45, 7) is 3.97. The van der Waals surface area contributed by atoms with Gasteiger partial charge in [-0.15, -0.1) is 0 Å². The van der Waals surface area contributed by atoms with Crippen molar-refractivity contribution in [2.75, 3.05) is 24.5 Å². The molecule has 2 amide bonds. The predicted molar refractivity (Wildman–Crippen MR) is 148 cm³/mol. The van der Waals surface area contributed by atoms with Crippen molar-refractivity contribution in [1.82, 2.24) is 10.2 Å². The van der Waals surface area contributed by atoms with Crippen molar-refractivity contribution in [3.05, 3.63) is 90.5 Å². The molecule has 1 atom stereocenters. The molecule has 0 spiro atoms. The molecule has 0 radical (unpaired) electrons. The van der Waals surface area contributed by atoms with Crippen LogP contribution in [0.2, 0.25) is 0 Å². The van der Waals surface area contributed by atoms with Gasteiger partial charge in [0.25, 0.3) is 10.0 Å². The Bertz CT molecular complexity index is 1280. The second kappa shape index (κ2) is 13.6. The Morgan fingerprint density at radius 2 is 1.50 bits per heavy atom. The molecule has 38 heavy (non-hydrogen) atoms. The van der Waals surface area contributed by atoms with Gasteiger partial charge in [0.2, 0.25) is 11.8 Å². The van der Waals surface area contributed by atoms with Crippen LogP contribution >= 0.6 is 0 Å². The molecule has 0 fully saturated rings. The number of nitrogens with zero attached hydrogens (tertiary/aromatic N) is 2. The average molecular weight is 538 g/mol. The number of carbonyl (C=O) groups is 2. The fourth-order valence-corrected chi connectivity index (χ4v) is 5.50. The number of sulfonamides is 1. The molecule has 0 bridgehead atoms. The van der Waals surface area contributed by atoms with E-state index in [0.717, 1.165) is 16.3 Å². The Morgan fingerprint density at radius 3 is 2.05 bits per heavy atom. The zero-order valence-electron chi connectivity index (χ0n) is 22.0. The van der Waals surface area contributed by atoms with Crippen LogP contribution in [0.25, 0.3) is 0 Å². The lowest BCUT2D eigenvalue weighted by atomic mass is 10.1. The van der Waals surface area contributed by atoms with Crippen LogP contribution in [0.3, 0.4) is 0 Å². The molecule has 3 aromatic carbocycles. The summed E-state index contributed by atoms with van der Waals surface area (Å²) in [6.07, 6.45) is 1.14. The molecule has 0 saturated heterocycles. The summed E-state index contributed by atoms with van der Waals surface area (Å²) in [5, 5.41) is 2.88. The van der Waals surface area contributed by atoms with Gasteiger partial charge in [-0.25, -0.2) is 8.42 Å². The first-order valence-electron chi connectivity index (χ1n) is 12.6. The lowest BCUT2D eigenvalue weighted by molar-refractivity contribution is -0.140. The Kier molecular flexibility index (Phi) is 10.3. The summed E-state index contributed by atoms with van der Waals surface area (Å²) in [7, 11) is -2.58. The van der Waals surface area contributed by atoms with Crippen molar-refractivity contribution in [2.45, 2.75) is 44.2 Å². The number of carbonyl (C=O) groups excluding carboxylic acids is 2. The first-order valence-corrected chi connectivity index (χ1v) is 14.1. The van der Waals surface area contributed by atoms with Crippen LogP contribution in [-0.2, 0) is 26.2 Å². The molecule has 0 saturated carbocycles. The number of ether oxygens (including phenoxy) is 1. The van der Waals surface area contributed by atoms with E-state index in [2.05, 4.69) is 5.32 Å². The number of nitrogens with one attached hydrogen (secondary N) is 1. The highest BCUT2D eigenvalue weighted by molar-refractivity contribution is 7.92. The maximum Gasteiger partial charge on any atom is 0.264 e. The third-order valence-corrected chi connectivity index (χ3v) is 7.89. The number of amides is 2. The van der Waals surface area contributed by atoms with Crippen molar-refractivity contribution in [2.24, 2.45) is 0 Å². The summed E-state index contributed by atoms with van der Waals surface area (Å²) in [6, 6.07) is 23.0. The van der Waals surface area contributed by atoms with Crippen LogP contribution in [0, 0.1) is 0 Å². The highest BCUT2D eigenvalue weighted by atomic mass is 32.2. The van der Waals surface area contributed by atoms with Crippen molar-refractivity contribution < 1.29 is 22.7 Å². The Labute approximate surface area is 225 Å². The van der Waals surface area contributed by atoms with E-state index in [9.17, 15) is 18.0 Å². The van der Waals surface area contributed by atoms with E-state index in [1.807, 2.05) is 44.2 Å². The maximum atomic E-state index is 13.9. The first kappa shape index (κ1) is 28.7. The summed E-state index contributed by atoms with van der Waals surface area (Å²) >= 11 is 0. The highest BCUT2D eigenvalue weighted by Gasteiger charge is 2.33. The van der Waals surface area contributed by atoms with Gasteiger partial charge in [0.05, 0.1) is 17.7 Å². The van der Waals surface area contributed by atoms with Gasteiger partial charge in [0.15, 0.2) is 0 Å². The minimum atomic E-state index is -4.10. The number of hydrogen-bond acceptors (Lipinski definition) is 5. The quantitative estimate of drug-likeness (QED) is 0.352. The van der Waals surface area contributed by atoms with Gasteiger partial charge >= 0.3 is 0 Å². The largest absolute Gasteiger partial charge is 0.497 e. The standard InChI is InChI=1S/C29H35N3O5S/c1-4-20-30-29(34)27(5-2)31(21-23-12-8-6-9-13-23)28(33)22-32(24-16-18-25(37-3)19-17-24)38(35,36)26-14-10-7-11-15-26/h6-19,27H,4-5,20-22H2,1-3H3,(H,30,34)/t27-/m0/s1. The number of rotatable bonds is 13. The lowest BCUT2D eigenvalue weighted by Crippen LogP contribution is -2.52. The molecule has 9 heteroatoms. The molecule has 0 aromatic heterocycles. The predicted octanol–water partition coefficient (Wildman–Crippen LogP) is 4.22. The monoisotopic (exact) mass is 537 g/mol. The van der Waals surface area contributed by atoms with Crippen LogP contribution in [0.4, 0.5) is 5.69 Å². The molecule has 0 unspecified atom stereocenters. The molecule has 8 nitrogen and oxygen atoms in total. The van der Waals surface area contributed by atoms with Crippen LogP contribution in [0.5, 0.6) is 5.75 Å². The van der Waals surface area contributed by atoms with Gasteiger partial charge in [0.1, 0.15) is 18.3 Å².